The molecule has 0 aliphatic rings. The maximum atomic E-state index is 12.9. The second-order valence-corrected chi connectivity index (χ2v) is 9.08. The van der Waals surface area contributed by atoms with Crippen molar-refractivity contribution in [1.29, 1.82) is 0 Å². The van der Waals surface area contributed by atoms with Crippen LogP contribution in [0.1, 0.15) is 25.5 Å². The van der Waals surface area contributed by atoms with Gasteiger partial charge in [0.15, 0.2) is 0 Å². The third-order valence-electron chi connectivity index (χ3n) is 4.11. The standard InChI is InChI=1S/C19H23N3O3S2/c1-14(2)22-13-18(19(21-22)17-8-5-11-26-17)27(23,24)20-10-9-15-6-4-7-16(12-15)25-3/h4-8,11-14,20H,9-10H2,1-3H3. The summed E-state index contributed by atoms with van der Waals surface area (Å²) in [4.78, 5) is 1.05. The first kappa shape index (κ1) is 19.6. The summed E-state index contributed by atoms with van der Waals surface area (Å²) in [5, 5.41) is 6.41. The van der Waals surface area contributed by atoms with E-state index in [-0.39, 0.29) is 10.9 Å². The minimum absolute atomic E-state index is 0.0736. The van der Waals surface area contributed by atoms with E-state index in [0.29, 0.717) is 18.7 Å². The van der Waals surface area contributed by atoms with Crippen LogP contribution in [0.2, 0.25) is 0 Å². The molecule has 8 heteroatoms. The number of rotatable bonds is 8. The van der Waals surface area contributed by atoms with Gasteiger partial charge in [-0.15, -0.1) is 11.3 Å². The molecule has 3 rings (SSSR count). The fourth-order valence-corrected chi connectivity index (χ4v) is 4.62. The lowest BCUT2D eigenvalue weighted by Gasteiger charge is -2.07. The van der Waals surface area contributed by atoms with E-state index < -0.39 is 10.0 Å². The summed E-state index contributed by atoms with van der Waals surface area (Å²) in [6.45, 7) is 4.24. The fourth-order valence-electron chi connectivity index (χ4n) is 2.66. The van der Waals surface area contributed by atoms with Crippen LogP contribution < -0.4 is 9.46 Å². The van der Waals surface area contributed by atoms with Crippen LogP contribution >= 0.6 is 11.3 Å². The summed E-state index contributed by atoms with van der Waals surface area (Å²) < 4.78 is 35.4. The first-order valence-electron chi connectivity index (χ1n) is 8.66. The Bertz CT molecular complexity index is 993. The number of ether oxygens (including phenoxy) is 1. The average Bonchev–Trinajstić information content (AvgIpc) is 3.31. The Balaban J connectivity index is 1.80. The number of aromatic nitrogens is 2. The Morgan fingerprint density at radius 2 is 2.07 bits per heavy atom. The highest BCUT2D eigenvalue weighted by Crippen LogP contribution is 2.30. The van der Waals surface area contributed by atoms with Gasteiger partial charge < -0.3 is 4.74 Å². The van der Waals surface area contributed by atoms with Crippen LogP contribution in [0.5, 0.6) is 5.75 Å². The molecule has 6 nitrogen and oxygen atoms in total. The molecule has 27 heavy (non-hydrogen) atoms. The Morgan fingerprint density at radius 3 is 2.74 bits per heavy atom. The Hall–Kier alpha value is -2.16. The number of thiophene rings is 1. The summed E-state index contributed by atoms with van der Waals surface area (Å²) in [7, 11) is -2.06. The largest absolute Gasteiger partial charge is 0.497 e. The molecule has 0 amide bonds. The van der Waals surface area contributed by atoms with Gasteiger partial charge in [-0.1, -0.05) is 18.2 Å². The number of methoxy groups -OCH3 is 1. The fraction of sp³-hybridized carbons (Fsp3) is 0.316. The normalized spacial score (nSPS) is 11.9. The predicted octanol–water partition coefficient (Wildman–Crippen LogP) is 3.72. The SMILES string of the molecule is COc1cccc(CCNS(=O)(=O)c2cn(C(C)C)nc2-c2cccs2)c1. The molecule has 144 valence electrons. The van der Waals surface area contributed by atoms with Crippen LogP contribution in [-0.2, 0) is 16.4 Å². The van der Waals surface area contributed by atoms with E-state index in [1.807, 2.05) is 55.6 Å². The molecule has 0 saturated carbocycles. The third-order valence-corrected chi connectivity index (χ3v) is 6.45. The molecule has 0 aliphatic heterocycles. The van der Waals surface area contributed by atoms with E-state index in [0.717, 1.165) is 16.2 Å². The van der Waals surface area contributed by atoms with Crippen molar-refractivity contribution in [3.8, 4) is 16.3 Å². The quantitative estimate of drug-likeness (QED) is 0.620. The van der Waals surface area contributed by atoms with E-state index in [4.69, 9.17) is 4.74 Å². The van der Waals surface area contributed by atoms with Gasteiger partial charge in [-0.3, -0.25) is 4.68 Å². The molecule has 2 heterocycles. The molecule has 0 bridgehead atoms. The minimum atomic E-state index is -3.67. The average molecular weight is 406 g/mol. The number of hydrogen-bond acceptors (Lipinski definition) is 5. The maximum Gasteiger partial charge on any atom is 0.244 e. The molecule has 0 saturated heterocycles. The molecule has 1 N–H and O–H groups in total. The Morgan fingerprint density at radius 1 is 1.26 bits per heavy atom. The van der Waals surface area contributed by atoms with Gasteiger partial charge in [0, 0.05) is 18.8 Å². The van der Waals surface area contributed by atoms with Crippen LogP contribution in [0, 0.1) is 0 Å². The van der Waals surface area contributed by atoms with Gasteiger partial charge in [-0.25, -0.2) is 13.1 Å². The van der Waals surface area contributed by atoms with Crippen molar-refractivity contribution >= 4 is 21.4 Å². The van der Waals surface area contributed by atoms with Gasteiger partial charge in [-0.05, 0) is 49.4 Å². The lowest BCUT2D eigenvalue weighted by atomic mass is 10.1. The van der Waals surface area contributed by atoms with Crippen molar-refractivity contribution in [1.82, 2.24) is 14.5 Å². The molecule has 3 aromatic rings. The highest BCUT2D eigenvalue weighted by Gasteiger charge is 2.24. The zero-order valence-electron chi connectivity index (χ0n) is 15.5. The number of nitrogens with one attached hydrogen (secondary N) is 1. The molecule has 0 aliphatic carbocycles. The van der Waals surface area contributed by atoms with E-state index in [2.05, 4.69) is 9.82 Å². The molecule has 0 fully saturated rings. The zero-order valence-corrected chi connectivity index (χ0v) is 17.2. The third kappa shape index (κ3) is 4.58. The first-order valence-corrected chi connectivity index (χ1v) is 11.0. The zero-order chi connectivity index (χ0) is 19.4. The summed E-state index contributed by atoms with van der Waals surface area (Å²) in [6.07, 6.45) is 2.18. The molecule has 0 atom stereocenters. The summed E-state index contributed by atoms with van der Waals surface area (Å²) in [5.74, 6) is 0.758. The van der Waals surface area contributed by atoms with Gasteiger partial charge in [0.25, 0.3) is 0 Å². The first-order chi connectivity index (χ1) is 12.9. The van der Waals surface area contributed by atoms with Crippen molar-refractivity contribution in [3.05, 3.63) is 53.5 Å². The second-order valence-electron chi connectivity index (χ2n) is 6.39. The van der Waals surface area contributed by atoms with Crippen molar-refractivity contribution in [2.45, 2.75) is 31.2 Å². The summed E-state index contributed by atoms with van der Waals surface area (Å²) >= 11 is 1.47. The van der Waals surface area contributed by atoms with Gasteiger partial charge in [-0.2, -0.15) is 5.10 Å². The van der Waals surface area contributed by atoms with E-state index >= 15 is 0 Å². The van der Waals surface area contributed by atoms with Crippen LogP contribution in [0.15, 0.2) is 52.9 Å². The van der Waals surface area contributed by atoms with Crippen LogP contribution in [0.4, 0.5) is 0 Å². The van der Waals surface area contributed by atoms with E-state index in [9.17, 15) is 8.42 Å². The topological polar surface area (TPSA) is 73.2 Å². The van der Waals surface area contributed by atoms with Crippen molar-refractivity contribution in [2.75, 3.05) is 13.7 Å². The Kier molecular flexibility index (Phi) is 5.98. The molecule has 2 aromatic heterocycles. The molecule has 1 aromatic carbocycles. The monoisotopic (exact) mass is 405 g/mol. The smallest absolute Gasteiger partial charge is 0.244 e. The van der Waals surface area contributed by atoms with Crippen LogP contribution in [0.3, 0.4) is 0 Å². The van der Waals surface area contributed by atoms with Gasteiger partial charge >= 0.3 is 0 Å². The molecular formula is C19H23N3O3S2. The highest BCUT2D eigenvalue weighted by atomic mass is 32.2. The molecule has 0 radical (unpaired) electrons. The second kappa shape index (κ2) is 8.24. The lowest BCUT2D eigenvalue weighted by molar-refractivity contribution is 0.414. The highest BCUT2D eigenvalue weighted by molar-refractivity contribution is 7.89. The molecular weight excluding hydrogens is 382 g/mol. The van der Waals surface area contributed by atoms with E-state index in [1.54, 1.807) is 18.0 Å². The molecule has 0 spiro atoms. The Labute approximate surface area is 163 Å². The van der Waals surface area contributed by atoms with Gasteiger partial charge in [0.05, 0.1) is 12.0 Å². The van der Waals surface area contributed by atoms with Crippen LogP contribution in [-0.4, -0.2) is 31.9 Å². The van der Waals surface area contributed by atoms with Crippen LogP contribution in [0.25, 0.3) is 10.6 Å². The minimum Gasteiger partial charge on any atom is -0.497 e. The molecule has 0 unspecified atom stereocenters. The lowest BCUT2D eigenvalue weighted by Crippen LogP contribution is -2.26. The van der Waals surface area contributed by atoms with Crippen molar-refractivity contribution in [3.63, 3.8) is 0 Å². The summed E-state index contributed by atoms with van der Waals surface area (Å²) in [5.41, 5.74) is 1.50. The van der Waals surface area contributed by atoms with Crippen molar-refractivity contribution < 1.29 is 13.2 Å². The van der Waals surface area contributed by atoms with Gasteiger partial charge in [0.1, 0.15) is 16.3 Å². The number of benzene rings is 1. The van der Waals surface area contributed by atoms with E-state index in [1.165, 1.54) is 11.3 Å². The summed E-state index contributed by atoms with van der Waals surface area (Å²) in [6, 6.07) is 11.5. The number of nitrogens with zero attached hydrogens (tertiary/aromatic N) is 2. The number of sulfonamides is 1. The predicted molar refractivity (Wildman–Crippen MR) is 108 cm³/mol. The maximum absolute atomic E-state index is 12.9. The number of hydrogen-bond donors (Lipinski definition) is 1. The van der Waals surface area contributed by atoms with Crippen molar-refractivity contribution in [2.24, 2.45) is 0 Å². The van der Waals surface area contributed by atoms with Gasteiger partial charge in [0.2, 0.25) is 10.0 Å².